The standard InChI is InChI=1S/C8H12O8/c1-15-4-16-6(11)3-8(14,7(12)13)2-5(9)10/h14H,2-4H2,1H3,(H,9,10)(H,12,13). The van der Waals surface area contributed by atoms with Crippen molar-refractivity contribution in [2.24, 2.45) is 0 Å². The Hall–Kier alpha value is -1.67. The van der Waals surface area contributed by atoms with Gasteiger partial charge in [-0.2, -0.15) is 0 Å². The molecule has 8 heteroatoms. The molecule has 0 aliphatic rings. The fraction of sp³-hybridized carbons (Fsp3) is 0.625. The number of ether oxygens (including phenoxy) is 2. The molecule has 0 amide bonds. The summed E-state index contributed by atoms with van der Waals surface area (Å²) in [6, 6.07) is 0. The Balaban J connectivity index is 4.49. The summed E-state index contributed by atoms with van der Waals surface area (Å²) in [6.45, 7) is -0.401. The highest BCUT2D eigenvalue weighted by Crippen LogP contribution is 2.16. The van der Waals surface area contributed by atoms with Gasteiger partial charge in [0.15, 0.2) is 12.4 Å². The first-order valence-corrected chi connectivity index (χ1v) is 4.14. The van der Waals surface area contributed by atoms with E-state index in [0.29, 0.717) is 0 Å². The molecule has 3 N–H and O–H groups in total. The molecular formula is C8H12O8. The predicted octanol–water partition coefficient (Wildman–Crippen LogP) is -1.19. The minimum Gasteiger partial charge on any atom is -0.481 e. The van der Waals surface area contributed by atoms with Crippen molar-refractivity contribution in [3.05, 3.63) is 0 Å². The summed E-state index contributed by atoms with van der Waals surface area (Å²) in [5.41, 5.74) is -2.67. The molecule has 0 rings (SSSR count). The molecule has 16 heavy (non-hydrogen) atoms. The number of hydrogen-bond acceptors (Lipinski definition) is 6. The van der Waals surface area contributed by atoms with Crippen LogP contribution >= 0.6 is 0 Å². The summed E-state index contributed by atoms with van der Waals surface area (Å²) in [4.78, 5) is 31.9. The summed E-state index contributed by atoms with van der Waals surface area (Å²) in [6.07, 6.45) is -2.05. The molecule has 0 spiro atoms. The molecular weight excluding hydrogens is 224 g/mol. The first-order chi connectivity index (χ1) is 7.31. The fourth-order valence-corrected chi connectivity index (χ4v) is 0.878. The zero-order chi connectivity index (χ0) is 12.8. The zero-order valence-corrected chi connectivity index (χ0v) is 8.50. The van der Waals surface area contributed by atoms with Crippen molar-refractivity contribution in [2.75, 3.05) is 13.9 Å². The van der Waals surface area contributed by atoms with Gasteiger partial charge < -0.3 is 24.8 Å². The second kappa shape index (κ2) is 6.03. The van der Waals surface area contributed by atoms with E-state index < -0.39 is 43.1 Å². The molecule has 0 aromatic heterocycles. The van der Waals surface area contributed by atoms with E-state index in [0.717, 1.165) is 0 Å². The number of hydrogen-bond donors (Lipinski definition) is 3. The van der Waals surface area contributed by atoms with Crippen LogP contribution in [-0.2, 0) is 23.9 Å². The number of rotatable bonds is 7. The average molecular weight is 236 g/mol. The predicted molar refractivity (Wildman–Crippen MR) is 47.4 cm³/mol. The van der Waals surface area contributed by atoms with Crippen molar-refractivity contribution in [2.45, 2.75) is 18.4 Å². The molecule has 1 atom stereocenters. The SMILES string of the molecule is COCOC(=O)CC(O)(CC(=O)O)C(=O)O. The van der Waals surface area contributed by atoms with Gasteiger partial charge in [-0.1, -0.05) is 0 Å². The molecule has 0 aromatic carbocycles. The van der Waals surface area contributed by atoms with Crippen molar-refractivity contribution in [1.82, 2.24) is 0 Å². The number of carboxylic acids is 2. The molecule has 0 radical (unpaired) electrons. The lowest BCUT2D eigenvalue weighted by Gasteiger charge is -2.19. The van der Waals surface area contributed by atoms with Crippen LogP contribution in [0.5, 0.6) is 0 Å². The molecule has 0 saturated carbocycles. The molecule has 0 aliphatic heterocycles. The average Bonchev–Trinajstić information content (AvgIpc) is 2.12. The normalized spacial score (nSPS) is 13.9. The molecule has 92 valence electrons. The Bertz CT molecular complexity index is 286. The fourth-order valence-electron chi connectivity index (χ4n) is 0.878. The number of carbonyl (C=O) groups excluding carboxylic acids is 1. The summed E-state index contributed by atoms with van der Waals surface area (Å²) in [7, 11) is 1.24. The minimum atomic E-state index is -2.67. The van der Waals surface area contributed by atoms with Gasteiger partial charge in [-0.25, -0.2) is 4.79 Å². The molecule has 0 saturated heterocycles. The van der Waals surface area contributed by atoms with Crippen LogP contribution < -0.4 is 0 Å². The van der Waals surface area contributed by atoms with E-state index in [1.165, 1.54) is 7.11 Å². The van der Waals surface area contributed by atoms with Crippen molar-refractivity contribution in [3.8, 4) is 0 Å². The first kappa shape index (κ1) is 14.3. The monoisotopic (exact) mass is 236 g/mol. The van der Waals surface area contributed by atoms with Crippen LogP contribution in [0.2, 0.25) is 0 Å². The van der Waals surface area contributed by atoms with Crippen LogP contribution in [0.1, 0.15) is 12.8 Å². The number of aliphatic carboxylic acids is 2. The van der Waals surface area contributed by atoms with Crippen LogP contribution in [-0.4, -0.2) is 52.7 Å². The molecule has 0 fully saturated rings. The molecule has 0 aromatic rings. The number of esters is 1. The van der Waals surface area contributed by atoms with Gasteiger partial charge in [-0.15, -0.1) is 0 Å². The van der Waals surface area contributed by atoms with Crippen LogP contribution in [0.3, 0.4) is 0 Å². The second-order valence-corrected chi connectivity index (χ2v) is 3.01. The number of carbonyl (C=O) groups is 3. The third-order valence-corrected chi connectivity index (χ3v) is 1.62. The molecule has 1 unspecified atom stereocenters. The molecule has 0 heterocycles. The number of aliphatic hydroxyl groups is 1. The molecule has 8 nitrogen and oxygen atoms in total. The zero-order valence-electron chi connectivity index (χ0n) is 8.50. The van der Waals surface area contributed by atoms with Gasteiger partial charge in [0.05, 0.1) is 12.8 Å². The summed E-state index contributed by atoms with van der Waals surface area (Å²) in [5.74, 6) is -4.40. The van der Waals surface area contributed by atoms with Gasteiger partial charge in [-0.3, -0.25) is 9.59 Å². The third-order valence-electron chi connectivity index (χ3n) is 1.62. The molecule has 0 aliphatic carbocycles. The van der Waals surface area contributed by atoms with Crippen LogP contribution in [0.4, 0.5) is 0 Å². The van der Waals surface area contributed by atoms with Gasteiger partial charge in [0.25, 0.3) is 0 Å². The van der Waals surface area contributed by atoms with Crippen molar-refractivity contribution >= 4 is 17.9 Å². The van der Waals surface area contributed by atoms with E-state index >= 15 is 0 Å². The van der Waals surface area contributed by atoms with Crippen molar-refractivity contribution in [1.29, 1.82) is 0 Å². The van der Waals surface area contributed by atoms with E-state index in [4.69, 9.17) is 10.2 Å². The van der Waals surface area contributed by atoms with Gasteiger partial charge in [0, 0.05) is 7.11 Å². The highest BCUT2D eigenvalue weighted by Gasteiger charge is 2.41. The van der Waals surface area contributed by atoms with E-state index in [-0.39, 0.29) is 0 Å². The number of carboxylic acid groups (broad SMARTS) is 2. The Labute approximate surface area is 90.4 Å². The topological polar surface area (TPSA) is 130 Å². The first-order valence-electron chi connectivity index (χ1n) is 4.14. The second-order valence-electron chi connectivity index (χ2n) is 3.01. The van der Waals surface area contributed by atoms with Gasteiger partial charge in [-0.05, 0) is 0 Å². The minimum absolute atomic E-state index is 0.401. The lowest BCUT2D eigenvalue weighted by Crippen LogP contribution is -2.43. The maximum atomic E-state index is 11.0. The maximum absolute atomic E-state index is 11.0. The summed E-state index contributed by atoms with van der Waals surface area (Å²) >= 11 is 0. The lowest BCUT2D eigenvalue weighted by atomic mass is 9.96. The van der Waals surface area contributed by atoms with E-state index in [1.807, 2.05) is 0 Å². The smallest absolute Gasteiger partial charge is 0.336 e. The van der Waals surface area contributed by atoms with Crippen LogP contribution in [0.15, 0.2) is 0 Å². The Morgan fingerprint density at radius 3 is 2.12 bits per heavy atom. The van der Waals surface area contributed by atoms with Gasteiger partial charge in [0.2, 0.25) is 0 Å². The summed E-state index contributed by atoms with van der Waals surface area (Å²) in [5, 5.41) is 26.4. The largest absolute Gasteiger partial charge is 0.481 e. The van der Waals surface area contributed by atoms with Crippen LogP contribution in [0, 0.1) is 0 Å². The van der Waals surface area contributed by atoms with Gasteiger partial charge >= 0.3 is 17.9 Å². The maximum Gasteiger partial charge on any atom is 0.336 e. The van der Waals surface area contributed by atoms with Crippen LogP contribution in [0.25, 0.3) is 0 Å². The quantitative estimate of drug-likeness (QED) is 0.371. The Morgan fingerprint density at radius 2 is 1.75 bits per heavy atom. The summed E-state index contributed by atoms with van der Waals surface area (Å²) < 4.78 is 8.72. The van der Waals surface area contributed by atoms with E-state index in [9.17, 15) is 19.5 Å². The third kappa shape index (κ3) is 4.71. The lowest BCUT2D eigenvalue weighted by molar-refractivity contribution is -0.175. The highest BCUT2D eigenvalue weighted by molar-refractivity contribution is 5.88. The molecule has 0 bridgehead atoms. The highest BCUT2D eigenvalue weighted by atomic mass is 16.7. The Morgan fingerprint density at radius 1 is 1.19 bits per heavy atom. The Kier molecular flexibility index (Phi) is 5.40. The van der Waals surface area contributed by atoms with E-state index in [2.05, 4.69) is 9.47 Å². The van der Waals surface area contributed by atoms with Crippen molar-refractivity contribution in [3.63, 3.8) is 0 Å². The van der Waals surface area contributed by atoms with Gasteiger partial charge in [0.1, 0.15) is 0 Å². The van der Waals surface area contributed by atoms with E-state index in [1.54, 1.807) is 0 Å². The van der Waals surface area contributed by atoms with Crippen molar-refractivity contribution < 1.29 is 39.2 Å². The number of methoxy groups -OCH3 is 1.